The fourth-order valence-electron chi connectivity index (χ4n) is 3.19. The number of fused-ring (bicyclic) bond motifs is 1. The summed E-state index contributed by atoms with van der Waals surface area (Å²) in [4.78, 5) is 1.98. The molecule has 0 aliphatic heterocycles. The number of rotatable bonds is 4. The highest BCUT2D eigenvalue weighted by Gasteiger charge is 2.21. The molecule has 0 saturated carbocycles. The van der Waals surface area contributed by atoms with E-state index in [2.05, 4.69) is 35.0 Å². The smallest absolute Gasteiger partial charge is 0.0814 e. The third-order valence-electron chi connectivity index (χ3n) is 4.18. The highest BCUT2D eigenvalue weighted by atomic mass is 32.1. The van der Waals surface area contributed by atoms with Crippen LogP contribution >= 0.6 is 11.3 Å². The second kappa shape index (κ2) is 5.80. The monoisotopic (exact) mass is 284 g/mol. The van der Waals surface area contributed by atoms with Gasteiger partial charge in [-0.2, -0.15) is 11.3 Å². The number of hydrogen-bond acceptors (Lipinski definition) is 2. The standard InChI is InChI=1S/C17H20N2S/c1-19(12-18)10-13-5-6-17-14(9-13)3-2-4-16(17)15-7-8-20-11-15/h2-4,7-8,11-13,18H,5-6,9-10H2,1H3. The summed E-state index contributed by atoms with van der Waals surface area (Å²) in [5.74, 6) is 0.673. The molecular weight excluding hydrogens is 264 g/mol. The van der Waals surface area contributed by atoms with Crippen LogP contribution in [0.2, 0.25) is 0 Å². The van der Waals surface area contributed by atoms with Gasteiger partial charge in [-0.15, -0.1) is 0 Å². The minimum atomic E-state index is 0.673. The molecule has 3 rings (SSSR count). The van der Waals surface area contributed by atoms with Crippen molar-refractivity contribution in [2.45, 2.75) is 19.3 Å². The van der Waals surface area contributed by atoms with E-state index in [9.17, 15) is 0 Å². The molecule has 0 spiro atoms. The summed E-state index contributed by atoms with van der Waals surface area (Å²) in [5.41, 5.74) is 5.83. The van der Waals surface area contributed by atoms with E-state index in [0.29, 0.717) is 5.92 Å². The van der Waals surface area contributed by atoms with Gasteiger partial charge in [-0.1, -0.05) is 18.2 Å². The molecule has 3 heteroatoms. The molecule has 2 nitrogen and oxygen atoms in total. The fourth-order valence-corrected chi connectivity index (χ4v) is 3.84. The second-order valence-corrected chi connectivity index (χ2v) is 6.41. The van der Waals surface area contributed by atoms with Gasteiger partial charge in [0, 0.05) is 13.6 Å². The molecule has 20 heavy (non-hydrogen) atoms. The van der Waals surface area contributed by atoms with E-state index in [1.54, 1.807) is 16.9 Å². The van der Waals surface area contributed by atoms with Crippen LogP contribution < -0.4 is 0 Å². The average Bonchev–Trinajstić information content (AvgIpc) is 3.00. The van der Waals surface area contributed by atoms with Crippen LogP contribution in [0.4, 0.5) is 0 Å². The summed E-state index contributed by atoms with van der Waals surface area (Å²) in [5, 5.41) is 11.7. The third kappa shape index (κ3) is 2.63. The number of benzene rings is 1. The van der Waals surface area contributed by atoms with Crippen molar-refractivity contribution in [1.29, 1.82) is 5.41 Å². The van der Waals surface area contributed by atoms with E-state index in [1.165, 1.54) is 29.4 Å². The number of nitrogens with one attached hydrogen (secondary N) is 1. The van der Waals surface area contributed by atoms with Crippen LogP contribution in [-0.4, -0.2) is 24.8 Å². The maximum atomic E-state index is 7.30. The van der Waals surface area contributed by atoms with Crippen molar-refractivity contribution >= 4 is 17.7 Å². The Kier molecular flexibility index (Phi) is 3.88. The molecule has 104 valence electrons. The fraction of sp³-hybridized carbons (Fsp3) is 0.353. The molecule has 0 bridgehead atoms. The number of nitrogens with zero attached hydrogens (tertiary/aromatic N) is 1. The molecule has 1 aromatic carbocycles. The van der Waals surface area contributed by atoms with Crippen molar-refractivity contribution in [3.63, 3.8) is 0 Å². The lowest BCUT2D eigenvalue weighted by atomic mass is 9.80. The van der Waals surface area contributed by atoms with Gasteiger partial charge in [-0.25, -0.2) is 0 Å². The molecule has 1 aliphatic rings. The molecule has 1 aromatic heterocycles. The van der Waals surface area contributed by atoms with Gasteiger partial charge in [0.25, 0.3) is 0 Å². The highest BCUT2D eigenvalue weighted by molar-refractivity contribution is 7.08. The molecule has 0 amide bonds. The van der Waals surface area contributed by atoms with E-state index < -0.39 is 0 Å². The number of hydrogen-bond donors (Lipinski definition) is 1. The maximum absolute atomic E-state index is 7.30. The molecule has 2 aromatic rings. The zero-order valence-electron chi connectivity index (χ0n) is 11.8. The Bertz CT molecular complexity index is 589. The van der Waals surface area contributed by atoms with E-state index in [-0.39, 0.29) is 0 Å². The molecule has 0 saturated heterocycles. The van der Waals surface area contributed by atoms with Gasteiger partial charge in [0.05, 0.1) is 6.34 Å². The van der Waals surface area contributed by atoms with Gasteiger partial charge in [-0.3, -0.25) is 5.41 Å². The quantitative estimate of drug-likeness (QED) is 0.665. The van der Waals surface area contributed by atoms with Crippen molar-refractivity contribution in [3.8, 4) is 11.1 Å². The van der Waals surface area contributed by atoms with Gasteiger partial charge in [0.2, 0.25) is 0 Å². The molecule has 1 atom stereocenters. The summed E-state index contributed by atoms with van der Waals surface area (Å²) < 4.78 is 0. The average molecular weight is 284 g/mol. The molecule has 0 radical (unpaired) electrons. The van der Waals surface area contributed by atoms with E-state index in [0.717, 1.165) is 19.4 Å². The number of thiophene rings is 1. The first-order valence-corrected chi connectivity index (χ1v) is 8.06. The first-order valence-electron chi connectivity index (χ1n) is 7.12. The zero-order chi connectivity index (χ0) is 13.9. The SMILES string of the molecule is CN(C=N)CC1CCc2c(cccc2-c2ccsc2)C1. The van der Waals surface area contributed by atoms with Crippen LogP contribution in [0.3, 0.4) is 0 Å². The van der Waals surface area contributed by atoms with E-state index in [4.69, 9.17) is 5.41 Å². The summed E-state index contributed by atoms with van der Waals surface area (Å²) in [6.07, 6.45) is 4.97. The Labute approximate surface area is 124 Å². The van der Waals surface area contributed by atoms with Crippen molar-refractivity contribution in [3.05, 3.63) is 46.2 Å². The summed E-state index contributed by atoms with van der Waals surface area (Å²) in [6.45, 7) is 0.992. The molecule has 1 aliphatic carbocycles. The Morgan fingerprint density at radius 1 is 1.40 bits per heavy atom. The minimum absolute atomic E-state index is 0.673. The highest BCUT2D eigenvalue weighted by Crippen LogP contribution is 2.34. The van der Waals surface area contributed by atoms with Crippen LogP contribution in [-0.2, 0) is 12.8 Å². The van der Waals surface area contributed by atoms with E-state index in [1.807, 2.05) is 11.9 Å². The van der Waals surface area contributed by atoms with Crippen molar-refractivity contribution in [1.82, 2.24) is 4.90 Å². The molecule has 0 fully saturated rings. The largest absolute Gasteiger partial charge is 0.366 e. The third-order valence-corrected chi connectivity index (χ3v) is 4.87. The predicted octanol–water partition coefficient (Wildman–Crippen LogP) is 4.06. The topological polar surface area (TPSA) is 27.1 Å². The van der Waals surface area contributed by atoms with E-state index >= 15 is 0 Å². The van der Waals surface area contributed by atoms with Gasteiger partial charge in [-0.05, 0) is 64.3 Å². The van der Waals surface area contributed by atoms with Crippen LogP contribution in [0.25, 0.3) is 11.1 Å². The van der Waals surface area contributed by atoms with Crippen molar-refractivity contribution < 1.29 is 0 Å². The first kappa shape index (κ1) is 13.4. The summed E-state index contributed by atoms with van der Waals surface area (Å²) >= 11 is 1.77. The molecule has 1 N–H and O–H groups in total. The van der Waals surface area contributed by atoms with Crippen LogP contribution in [0.1, 0.15) is 17.5 Å². The maximum Gasteiger partial charge on any atom is 0.0814 e. The van der Waals surface area contributed by atoms with Crippen LogP contribution in [0, 0.1) is 11.3 Å². The normalized spacial score (nSPS) is 17.6. The van der Waals surface area contributed by atoms with Gasteiger partial charge >= 0.3 is 0 Å². The van der Waals surface area contributed by atoms with Crippen molar-refractivity contribution in [2.75, 3.05) is 13.6 Å². The van der Waals surface area contributed by atoms with Gasteiger partial charge < -0.3 is 4.90 Å². The predicted molar refractivity (Wildman–Crippen MR) is 86.7 cm³/mol. The lowest BCUT2D eigenvalue weighted by Crippen LogP contribution is -2.28. The van der Waals surface area contributed by atoms with Crippen LogP contribution in [0.15, 0.2) is 35.0 Å². The molecular formula is C17H20N2S. The van der Waals surface area contributed by atoms with Gasteiger partial charge in [0.15, 0.2) is 0 Å². The van der Waals surface area contributed by atoms with Gasteiger partial charge in [0.1, 0.15) is 0 Å². The minimum Gasteiger partial charge on any atom is -0.366 e. The summed E-state index contributed by atoms with van der Waals surface area (Å²) in [7, 11) is 1.99. The lowest BCUT2D eigenvalue weighted by Gasteiger charge is -2.28. The van der Waals surface area contributed by atoms with Crippen LogP contribution in [0.5, 0.6) is 0 Å². The summed E-state index contributed by atoms with van der Waals surface area (Å²) in [6, 6.07) is 8.94. The Balaban J connectivity index is 1.85. The first-order chi connectivity index (χ1) is 9.78. The lowest BCUT2D eigenvalue weighted by molar-refractivity contribution is 0.355. The Hall–Kier alpha value is -1.61. The van der Waals surface area contributed by atoms with Crippen molar-refractivity contribution in [2.24, 2.45) is 5.92 Å². The molecule has 1 unspecified atom stereocenters. The Morgan fingerprint density at radius 3 is 3.05 bits per heavy atom. The molecule has 1 heterocycles. The Morgan fingerprint density at radius 2 is 2.30 bits per heavy atom. The second-order valence-electron chi connectivity index (χ2n) is 5.63. The zero-order valence-corrected chi connectivity index (χ0v) is 12.6.